The third-order valence-electron chi connectivity index (χ3n) is 7.25. The molecule has 0 spiro atoms. The molecule has 0 bridgehead atoms. The molecule has 0 fully saturated rings. The second-order valence-electron chi connectivity index (χ2n) is 10.5. The van der Waals surface area contributed by atoms with Gasteiger partial charge in [0, 0.05) is 36.0 Å². The number of nitrogens with one attached hydrogen (secondary N) is 1. The number of aromatic nitrogens is 1. The number of rotatable bonds is 12. The van der Waals surface area contributed by atoms with Gasteiger partial charge in [0.25, 0.3) is 5.91 Å². The molecule has 0 aliphatic heterocycles. The summed E-state index contributed by atoms with van der Waals surface area (Å²) in [5.41, 5.74) is 3.51. The van der Waals surface area contributed by atoms with Crippen molar-refractivity contribution in [3.05, 3.63) is 158 Å². The zero-order valence-corrected chi connectivity index (χ0v) is 25.4. The molecule has 0 radical (unpaired) electrons. The molecule has 4 nitrogen and oxygen atoms in total. The Bertz CT molecular complexity index is 1600. The van der Waals surface area contributed by atoms with Crippen LogP contribution in [0, 0.1) is 0 Å². The maximum Gasteiger partial charge on any atom is 0.416 e. The van der Waals surface area contributed by atoms with Crippen molar-refractivity contribution in [3.63, 3.8) is 0 Å². The van der Waals surface area contributed by atoms with Crippen molar-refractivity contribution in [1.29, 1.82) is 0 Å². The van der Waals surface area contributed by atoms with Crippen LogP contribution in [0.5, 0.6) is 0 Å². The Balaban J connectivity index is 1.25. The topological polar surface area (TPSA) is 45.2 Å². The van der Waals surface area contributed by atoms with Crippen LogP contribution in [0.15, 0.2) is 115 Å². The Morgan fingerprint density at radius 2 is 1.45 bits per heavy atom. The van der Waals surface area contributed by atoms with Crippen LogP contribution in [0.25, 0.3) is 0 Å². The summed E-state index contributed by atoms with van der Waals surface area (Å²) >= 11 is 7.41. The van der Waals surface area contributed by atoms with E-state index in [1.165, 1.54) is 34.6 Å². The Morgan fingerprint density at radius 1 is 0.818 bits per heavy atom. The van der Waals surface area contributed by atoms with Gasteiger partial charge in [0.05, 0.1) is 12.1 Å². The number of thiazole rings is 1. The van der Waals surface area contributed by atoms with Crippen molar-refractivity contribution in [2.45, 2.75) is 38.1 Å². The van der Waals surface area contributed by atoms with Crippen LogP contribution >= 0.6 is 22.9 Å². The van der Waals surface area contributed by atoms with E-state index in [0.29, 0.717) is 40.9 Å². The fourth-order valence-corrected chi connectivity index (χ4v) is 6.06. The van der Waals surface area contributed by atoms with Gasteiger partial charge in [-0.3, -0.25) is 9.69 Å². The minimum atomic E-state index is -4.42. The van der Waals surface area contributed by atoms with Gasteiger partial charge in [0.1, 0.15) is 10.7 Å². The van der Waals surface area contributed by atoms with Crippen LogP contribution in [0.3, 0.4) is 0 Å². The van der Waals surface area contributed by atoms with Gasteiger partial charge in [-0.25, -0.2) is 4.98 Å². The molecule has 0 aliphatic rings. The molecule has 1 heterocycles. The highest BCUT2D eigenvalue weighted by Crippen LogP contribution is 2.30. The number of hydrogen-bond acceptors (Lipinski definition) is 4. The van der Waals surface area contributed by atoms with Gasteiger partial charge in [-0.15, -0.1) is 11.3 Å². The normalized spacial score (nSPS) is 11.7. The molecular weight excluding hydrogens is 603 g/mol. The summed E-state index contributed by atoms with van der Waals surface area (Å²) in [6.07, 6.45) is -3.70. The van der Waals surface area contributed by atoms with Crippen molar-refractivity contribution < 1.29 is 18.0 Å². The lowest BCUT2D eigenvalue weighted by molar-refractivity contribution is -0.137. The standard InChI is InChI=1S/C35H31ClF3N3OS/c36-30-16-14-25(15-17-30)21-42(22-26-8-7-13-29(20-26)35(37,38)39)23-33-41-32(24-44-33)34(43)40-19-18-31(27-9-3-1-4-10-27)28-11-5-2-6-12-28/h1-17,20,24,31H,18-19,21-23H2,(H,40,43). The largest absolute Gasteiger partial charge is 0.416 e. The van der Waals surface area contributed by atoms with Crippen LogP contribution in [-0.4, -0.2) is 22.3 Å². The van der Waals surface area contributed by atoms with Crippen LogP contribution in [0.1, 0.15) is 55.7 Å². The zero-order chi connectivity index (χ0) is 30.9. The fourth-order valence-electron chi connectivity index (χ4n) is 5.12. The van der Waals surface area contributed by atoms with E-state index in [1.807, 2.05) is 53.4 Å². The number of benzene rings is 4. The molecule has 5 rings (SSSR count). The highest BCUT2D eigenvalue weighted by Gasteiger charge is 2.30. The average Bonchev–Trinajstić information content (AvgIpc) is 3.49. The van der Waals surface area contributed by atoms with E-state index >= 15 is 0 Å². The van der Waals surface area contributed by atoms with Crippen molar-refractivity contribution in [2.75, 3.05) is 6.54 Å². The lowest BCUT2D eigenvalue weighted by atomic mass is 9.88. The molecule has 0 saturated carbocycles. The molecule has 0 unspecified atom stereocenters. The Kier molecular flexibility index (Phi) is 10.5. The summed E-state index contributed by atoms with van der Waals surface area (Å²) in [5.74, 6) is -0.115. The first kappa shape index (κ1) is 31.4. The zero-order valence-electron chi connectivity index (χ0n) is 23.8. The van der Waals surface area contributed by atoms with Gasteiger partial charge in [-0.05, 0) is 46.9 Å². The van der Waals surface area contributed by atoms with Crippen molar-refractivity contribution in [1.82, 2.24) is 15.2 Å². The predicted molar refractivity (Wildman–Crippen MR) is 170 cm³/mol. The predicted octanol–water partition coefficient (Wildman–Crippen LogP) is 8.97. The molecule has 1 aromatic heterocycles. The van der Waals surface area contributed by atoms with Gasteiger partial charge < -0.3 is 5.32 Å². The first-order chi connectivity index (χ1) is 21.2. The summed E-state index contributed by atoms with van der Waals surface area (Å²) in [6, 6.07) is 33.1. The van der Waals surface area contributed by atoms with E-state index in [9.17, 15) is 18.0 Å². The summed E-state index contributed by atoms with van der Waals surface area (Å²) in [7, 11) is 0. The first-order valence-corrected chi connectivity index (χ1v) is 15.5. The SMILES string of the molecule is O=C(NCCC(c1ccccc1)c1ccccc1)c1csc(CN(Cc2ccc(Cl)cc2)Cc2cccc(C(F)(F)F)c2)n1. The van der Waals surface area contributed by atoms with E-state index in [4.69, 9.17) is 11.6 Å². The Morgan fingerprint density at radius 3 is 2.09 bits per heavy atom. The molecule has 44 heavy (non-hydrogen) atoms. The molecule has 4 aromatic carbocycles. The number of nitrogens with zero attached hydrogens (tertiary/aromatic N) is 2. The minimum Gasteiger partial charge on any atom is -0.351 e. The summed E-state index contributed by atoms with van der Waals surface area (Å²) < 4.78 is 40.0. The smallest absolute Gasteiger partial charge is 0.351 e. The fraction of sp³-hybridized carbons (Fsp3) is 0.200. The summed E-state index contributed by atoms with van der Waals surface area (Å²) in [5, 5.41) is 6.04. The van der Waals surface area contributed by atoms with Crippen LogP contribution < -0.4 is 5.32 Å². The van der Waals surface area contributed by atoms with E-state index in [0.717, 1.165) is 18.1 Å². The third-order valence-corrected chi connectivity index (χ3v) is 8.33. The van der Waals surface area contributed by atoms with Gasteiger partial charge in [0.2, 0.25) is 0 Å². The Labute approximate surface area is 264 Å². The van der Waals surface area contributed by atoms with Crippen LogP contribution in [0.4, 0.5) is 13.2 Å². The number of halogens is 4. The van der Waals surface area contributed by atoms with Gasteiger partial charge in [-0.2, -0.15) is 13.2 Å². The van der Waals surface area contributed by atoms with Crippen LogP contribution in [0.2, 0.25) is 5.02 Å². The van der Waals surface area contributed by atoms with Crippen molar-refractivity contribution in [2.24, 2.45) is 0 Å². The lowest BCUT2D eigenvalue weighted by Gasteiger charge is -2.22. The minimum absolute atomic E-state index is 0.140. The highest BCUT2D eigenvalue weighted by molar-refractivity contribution is 7.09. The lowest BCUT2D eigenvalue weighted by Crippen LogP contribution is -2.26. The first-order valence-electron chi connectivity index (χ1n) is 14.2. The van der Waals surface area contributed by atoms with Crippen molar-refractivity contribution >= 4 is 28.8 Å². The molecule has 0 aliphatic carbocycles. The number of carbonyl (C=O) groups excluding carboxylic acids is 1. The van der Waals surface area contributed by atoms with Crippen LogP contribution in [-0.2, 0) is 25.8 Å². The maximum absolute atomic E-state index is 13.3. The number of alkyl halides is 3. The summed E-state index contributed by atoms with van der Waals surface area (Å²) in [4.78, 5) is 19.6. The average molecular weight is 634 g/mol. The molecule has 0 saturated heterocycles. The van der Waals surface area contributed by atoms with E-state index in [-0.39, 0.29) is 18.4 Å². The number of hydrogen-bond donors (Lipinski definition) is 1. The second kappa shape index (κ2) is 14.7. The highest BCUT2D eigenvalue weighted by atomic mass is 35.5. The number of carbonyl (C=O) groups is 1. The molecule has 1 N–H and O–H groups in total. The molecule has 0 atom stereocenters. The van der Waals surface area contributed by atoms with E-state index < -0.39 is 11.7 Å². The Hall–Kier alpha value is -3.98. The molecule has 5 aromatic rings. The van der Waals surface area contributed by atoms with Crippen molar-refractivity contribution in [3.8, 4) is 0 Å². The molecular formula is C35H31ClF3N3OS. The molecule has 1 amide bonds. The summed E-state index contributed by atoms with van der Waals surface area (Å²) in [6.45, 7) is 1.57. The second-order valence-corrected chi connectivity index (χ2v) is 11.9. The molecule has 9 heteroatoms. The number of amides is 1. The van der Waals surface area contributed by atoms with Gasteiger partial charge in [-0.1, -0.05) is 103 Å². The quantitative estimate of drug-likeness (QED) is 0.149. The van der Waals surface area contributed by atoms with Gasteiger partial charge >= 0.3 is 6.18 Å². The van der Waals surface area contributed by atoms with E-state index in [1.54, 1.807) is 23.6 Å². The molecule has 226 valence electrons. The third kappa shape index (κ3) is 8.78. The monoisotopic (exact) mass is 633 g/mol. The van der Waals surface area contributed by atoms with Gasteiger partial charge in [0.15, 0.2) is 0 Å². The maximum atomic E-state index is 13.3. The van der Waals surface area contributed by atoms with E-state index in [2.05, 4.69) is 34.6 Å².